The zero-order chi connectivity index (χ0) is 8.81. The zero-order valence-electron chi connectivity index (χ0n) is 6.33. The number of aromatic nitrogens is 2. The lowest BCUT2D eigenvalue weighted by Gasteiger charge is -2.00. The van der Waals surface area contributed by atoms with E-state index in [2.05, 4.69) is 15.3 Å². The molecule has 4 nitrogen and oxygen atoms in total. The SMILES string of the molecule is O=C(CCCl)Nc1cncnc1. The number of carbonyl (C=O) groups is 1. The second kappa shape index (κ2) is 4.66. The van der Waals surface area contributed by atoms with Crippen LogP contribution in [-0.4, -0.2) is 21.8 Å². The van der Waals surface area contributed by atoms with Crippen LogP contribution in [0, 0.1) is 0 Å². The maximum absolute atomic E-state index is 11.0. The Labute approximate surface area is 75.0 Å². The van der Waals surface area contributed by atoms with E-state index in [4.69, 9.17) is 11.6 Å². The van der Waals surface area contributed by atoms with E-state index >= 15 is 0 Å². The van der Waals surface area contributed by atoms with Crippen molar-refractivity contribution in [2.24, 2.45) is 0 Å². The summed E-state index contributed by atoms with van der Waals surface area (Å²) in [6.07, 6.45) is 4.76. The van der Waals surface area contributed by atoms with Gasteiger partial charge in [0.1, 0.15) is 6.33 Å². The number of halogens is 1. The Morgan fingerprint density at radius 2 is 2.17 bits per heavy atom. The fourth-order valence-corrected chi connectivity index (χ4v) is 0.845. The maximum Gasteiger partial charge on any atom is 0.225 e. The number of carbonyl (C=O) groups excluding carboxylic acids is 1. The standard InChI is InChI=1S/C7H8ClN3O/c8-2-1-7(12)11-6-3-9-5-10-4-6/h3-5H,1-2H2,(H,11,12). The molecule has 1 heterocycles. The van der Waals surface area contributed by atoms with E-state index in [0.29, 0.717) is 18.0 Å². The minimum atomic E-state index is -0.125. The molecule has 5 heteroatoms. The van der Waals surface area contributed by atoms with Crippen molar-refractivity contribution in [3.8, 4) is 0 Å². The summed E-state index contributed by atoms with van der Waals surface area (Å²) in [6.45, 7) is 0. The first kappa shape index (κ1) is 8.93. The van der Waals surface area contributed by atoms with E-state index in [9.17, 15) is 4.79 Å². The number of rotatable bonds is 3. The lowest BCUT2D eigenvalue weighted by Crippen LogP contribution is -2.11. The average molecular weight is 186 g/mol. The highest BCUT2D eigenvalue weighted by Crippen LogP contribution is 2.00. The summed E-state index contributed by atoms with van der Waals surface area (Å²) in [7, 11) is 0. The summed E-state index contributed by atoms with van der Waals surface area (Å²) in [5.41, 5.74) is 0.590. The molecular formula is C7H8ClN3O. The third-order valence-electron chi connectivity index (χ3n) is 1.17. The number of alkyl halides is 1. The van der Waals surface area contributed by atoms with Crippen LogP contribution in [0.4, 0.5) is 5.69 Å². The highest BCUT2D eigenvalue weighted by atomic mass is 35.5. The summed E-state index contributed by atoms with van der Waals surface area (Å²) in [4.78, 5) is 18.4. The van der Waals surface area contributed by atoms with Gasteiger partial charge in [-0.3, -0.25) is 4.79 Å². The molecule has 0 aliphatic carbocycles. The predicted octanol–water partition coefficient (Wildman–Crippen LogP) is 1.04. The quantitative estimate of drug-likeness (QED) is 0.716. The normalized spacial score (nSPS) is 9.42. The lowest BCUT2D eigenvalue weighted by atomic mass is 10.4. The van der Waals surface area contributed by atoms with Gasteiger partial charge in [0.15, 0.2) is 0 Å². The van der Waals surface area contributed by atoms with Crippen LogP contribution in [0.25, 0.3) is 0 Å². The number of nitrogens with zero attached hydrogens (tertiary/aromatic N) is 2. The lowest BCUT2D eigenvalue weighted by molar-refractivity contribution is -0.115. The third kappa shape index (κ3) is 2.84. The summed E-state index contributed by atoms with van der Waals surface area (Å²) >= 11 is 5.37. The molecule has 0 radical (unpaired) electrons. The molecule has 0 aliphatic rings. The second-order valence-electron chi connectivity index (χ2n) is 2.11. The van der Waals surface area contributed by atoms with Crippen molar-refractivity contribution >= 4 is 23.2 Å². The number of hydrogen-bond donors (Lipinski definition) is 1. The molecule has 0 aromatic carbocycles. The molecule has 0 atom stereocenters. The van der Waals surface area contributed by atoms with E-state index in [1.807, 2.05) is 0 Å². The fourth-order valence-electron chi connectivity index (χ4n) is 0.673. The van der Waals surface area contributed by atoms with Gasteiger partial charge in [0.2, 0.25) is 5.91 Å². The number of nitrogens with one attached hydrogen (secondary N) is 1. The summed E-state index contributed by atoms with van der Waals surface area (Å²) in [6, 6.07) is 0. The molecule has 0 fully saturated rings. The first-order chi connectivity index (χ1) is 5.83. The van der Waals surface area contributed by atoms with E-state index < -0.39 is 0 Å². The molecule has 0 saturated carbocycles. The fraction of sp³-hybridized carbons (Fsp3) is 0.286. The van der Waals surface area contributed by atoms with E-state index in [-0.39, 0.29) is 5.91 Å². The van der Waals surface area contributed by atoms with Gasteiger partial charge in [-0.05, 0) is 0 Å². The van der Waals surface area contributed by atoms with Gasteiger partial charge in [0.05, 0.1) is 18.1 Å². The minimum absolute atomic E-state index is 0.125. The molecule has 0 bridgehead atoms. The number of hydrogen-bond acceptors (Lipinski definition) is 3. The Kier molecular flexibility index (Phi) is 3.47. The van der Waals surface area contributed by atoms with Crippen LogP contribution in [-0.2, 0) is 4.79 Å². The smallest absolute Gasteiger partial charge is 0.225 e. The number of anilines is 1. The molecule has 1 N–H and O–H groups in total. The van der Waals surface area contributed by atoms with E-state index in [0.717, 1.165) is 0 Å². The third-order valence-corrected chi connectivity index (χ3v) is 1.35. The number of amides is 1. The van der Waals surface area contributed by atoms with Gasteiger partial charge in [-0.2, -0.15) is 0 Å². The van der Waals surface area contributed by atoms with Crippen molar-refractivity contribution in [2.45, 2.75) is 6.42 Å². The molecular weight excluding hydrogens is 178 g/mol. The van der Waals surface area contributed by atoms with Crippen LogP contribution in [0.2, 0.25) is 0 Å². The van der Waals surface area contributed by atoms with E-state index in [1.165, 1.54) is 18.7 Å². The van der Waals surface area contributed by atoms with Gasteiger partial charge in [0.25, 0.3) is 0 Å². The van der Waals surface area contributed by atoms with Gasteiger partial charge in [-0.1, -0.05) is 0 Å². The Hall–Kier alpha value is -1.16. The molecule has 1 aromatic heterocycles. The maximum atomic E-state index is 11.0. The minimum Gasteiger partial charge on any atom is -0.323 e. The van der Waals surface area contributed by atoms with Crippen molar-refractivity contribution in [3.05, 3.63) is 18.7 Å². The van der Waals surface area contributed by atoms with Crippen LogP contribution in [0.15, 0.2) is 18.7 Å². The molecule has 1 amide bonds. The largest absolute Gasteiger partial charge is 0.323 e. The van der Waals surface area contributed by atoms with Crippen LogP contribution in [0.1, 0.15) is 6.42 Å². The summed E-state index contributed by atoms with van der Waals surface area (Å²) in [5.74, 6) is 0.194. The molecule has 64 valence electrons. The van der Waals surface area contributed by atoms with Crippen LogP contribution in [0.3, 0.4) is 0 Å². The Balaban J connectivity index is 2.47. The van der Waals surface area contributed by atoms with Gasteiger partial charge >= 0.3 is 0 Å². The average Bonchev–Trinajstić information content (AvgIpc) is 2.06. The van der Waals surface area contributed by atoms with Crippen molar-refractivity contribution in [3.63, 3.8) is 0 Å². The molecule has 1 aromatic rings. The first-order valence-electron chi connectivity index (χ1n) is 3.44. The molecule has 1 rings (SSSR count). The summed E-state index contributed by atoms with van der Waals surface area (Å²) in [5, 5.41) is 2.59. The van der Waals surface area contributed by atoms with E-state index in [1.54, 1.807) is 0 Å². The Bertz CT molecular complexity index is 252. The molecule has 0 spiro atoms. The van der Waals surface area contributed by atoms with Gasteiger partial charge in [-0.15, -0.1) is 11.6 Å². The van der Waals surface area contributed by atoms with Crippen molar-refractivity contribution in [1.29, 1.82) is 0 Å². The molecule has 0 unspecified atom stereocenters. The topological polar surface area (TPSA) is 54.9 Å². The van der Waals surface area contributed by atoms with Crippen LogP contribution < -0.4 is 5.32 Å². The van der Waals surface area contributed by atoms with Gasteiger partial charge in [-0.25, -0.2) is 9.97 Å². The van der Waals surface area contributed by atoms with Gasteiger partial charge in [0, 0.05) is 12.3 Å². The predicted molar refractivity (Wildman–Crippen MR) is 46.0 cm³/mol. The zero-order valence-corrected chi connectivity index (χ0v) is 7.08. The highest BCUT2D eigenvalue weighted by molar-refractivity contribution is 6.19. The van der Waals surface area contributed by atoms with Crippen LogP contribution >= 0.6 is 11.6 Å². The first-order valence-corrected chi connectivity index (χ1v) is 3.97. The molecule has 12 heavy (non-hydrogen) atoms. The van der Waals surface area contributed by atoms with Crippen LogP contribution in [0.5, 0.6) is 0 Å². The molecule has 0 saturated heterocycles. The van der Waals surface area contributed by atoms with Crippen molar-refractivity contribution < 1.29 is 4.79 Å². The van der Waals surface area contributed by atoms with Crippen molar-refractivity contribution in [2.75, 3.05) is 11.2 Å². The monoisotopic (exact) mass is 185 g/mol. The second-order valence-corrected chi connectivity index (χ2v) is 2.49. The Morgan fingerprint density at radius 1 is 1.50 bits per heavy atom. The van der Waals surface area contributed by atoms with Gasteiger partial charge < -0.3 is 5.32 Å². The molecule has 0 aliphatic heterocycles. The highest BCUT2D eigenvalue weighted by Gasteiger charge is 1.99. The Morgan fingerprint density at radius 3 is 2.75 bits per heavy atom. The van der Waals surface area contributed by atoms with Crippen molar-refractivity contribution in [1.82, 2.24) is 9.97 Å². The summed E-state index contributed by atoms with van der Waals surface area (Å²) < 4.78 is 0.